The van der Waals surface area contributed by atoms with Crippen LogP contribution in [0.15, 0.2) is 72.8 Å². The van der Waals surface area contributed by atoms with Gasteiger partial charge in [-0.15, -0.1) is 0 Å². The molecule has 0 atom stereocenters. The van der Waals surface area contributed by atoms with Crippen molar-refractivity contribution in [2.24, 2.45) is 0 Å². The van der Waals surface area contributed by atoms with E-state index in [1.54, 1.807) is 13.2 Å². The molecule has 7 heteroatoms. The molecule has 4 nitrogen and oxygen atoms in total. The van der Waals surface area contributed by atoms with Gasteiger partial charge >= 0.3 is 6.61 Å². The average Bonchev–Trinajstić information content (AvgIpc) is 2.77. The van der Waals surface area contributed by atoms with E-state index in [0.29, 0.717) is 17.9 Å². The van der Waals surface area contributed by atoms with E-state index in [-0.39, 0.29) is 11.5 Å². The highest BCUT2D eigenvalue weighted by atomic mass is 127. The van der Waals surface area contributed by atoms with Crippen molar-refractivity contribution in [3.63, 3.8) is 0 Å². The zero-order valence-electron chi connectivity index (χ0n) is 16.6. The molecule has 0 amide bonds. The second kappa shape index (κ2) is 10.9. The van der Waals surface area contributed by atoms with Crippen LogP contribution in [0.2, 0.25) is 0 Å². The molecule has 3 aromatic rings. The predicted molar refractivity (Wildman–Crippen MR) is 123 cm³/mol. The number of hydrogen-bond acceptors (Lipinski definition) is 4. The smallest absolute Gasteiger partial charge is 0.387 e. The summed E-state index contributed by atoms with van der Waals surface area (Å²) in [6.45, 7) is -2.59. The Hall–Kier alpha value is -2.94. The number of ether oxygens (including phenoxy) is 3. The van der Waals surface area contributed by atoms with Crippen molar-refractivity contribution >= 4 is 34.5 Å². The van der Waals surface area contributed by atoms with Crippen LogP contribution in [0.25, 0.3) is 6.08 Å². The predicted octanol–water partition coefficient (Wildman–Crippen LogP) is 6.38. The lowest BCUT2D eigenvalue weighted by Crippen LogP contribution is -2.02. The quantitative estimate of drug-likeness (QED) is 0.181. The van der Waals surface area contributed by atoms with Gasteiger partial charge in [0.25, 0.3) is 0 Å². The van der Waals surface area contributed by atoms with Crippen molar-refractivity contribution in [3.05, 3.63) is 93.1 Å². The second-order valence-corrected chi connectivity index (χ2v) is 7.66. The minimum Gasteiger partial charge on any atom is -0.496 e. The Morgan fingerprint density at radius 3 is 2.32 bits per heavy atom. The van der Waals surface area contributed by atoms with Crippen molar-refractivity contribution in [3.8, 4) is 17.2 Å². The van der Waals surface area contributed by atoms with E-state index >= 15 is 0 Å². The molecule has 160 valence electrons. The molecule has 0 heterocycles. The fourth-order valence-corrected chi connectivity index (χ4v) is 3.14. The molecule has 0 aliphatic carbocycles. The van der Waals surface area contributed by atoms with Crippen molar-refractivity contribution in [2.75, 3.05) is 7.11 Å². The first kappa shape index (κ1) is 22.7. The Bertz CT molecular complexity index is 1050. The van der Waals surface area contributed by atoms with Gasteiger partial charge in [0.15, 0.2) is 5.78 Å². The summed E-state index contributed by atoms with van der Waals surface area (Å²) in [5.41, 5.74) is 2.01. The summed E-state index contributed by atoms with van der Waals surface area (Å²) in [6.07, 6.45) is 3.11. The van der Waals surface area contributed by atoms with Crippen LogP contribution in [0, 0.1) is 3.57 Å². The van der Waals surface area contributed by atoms with Crippen molar-refractivity contribution in [2.45, 2.75) is 13.2 Å². The topological polar surface area (TPSA) is 44.8 Å². The Kier molecular flexibility index (Phi) is 8.00. The van der Waals surface area contributed by atoms with E-state index in [0.717, 1.165) is 20.4 Å². The van der Waals surface area contributed by atoms with Crippen LogP contribution in [0.1, 0.15) is 21.5 Å². The lowest BCUT2D eigenvalue weighted by Gasteiger charge is -2.11. The first-order valence-electron chi connectivity index (χ1n) is 9.27. The van der Waals surface area contributed by atoms with Crippen LogP contribution >= 0.6 is 22.6 Å². The first-order chi connectivity index (χ1) is 14.9. The van der Waals surface area contributed by atoms with E-state index < -0.39 is 6.61 Å². The fraction of sp³-hybridized carbons (Fsp3) is 0.125. The van der Waals surface area contributed by atoms with Gasteiger partial charge in [0.05, 0.1) is 7.11 Å². The van der Waals surface area contributed by atoms with Crippen LogP contribution in [-0.4, -0.2) is 19.5 Å². The normalized spacial score (nSPS) is 11.0. The zero-order valence-corrected chi connectivity index (χ0v) is 18.7. The second-order valence-electron chi connectivity index (χ2n) is 6.41. The van der Waals surface area contributed by atoms with E-state index in [1.807, 2.05) is 42.5 Å². The number of alkyl halides is 2. The molecule has 0 unspecified atom stereocenters. The summed E-state index contributed by atoms with van der Waals surface area (Å²) < 4.78 is 41.1. The monoisotopic (exact) mass is 536 g/mol. The number of rotatable bonds is 9. The summed E-state index contributed by atoms with van der Waals surface area (Å²) >= 11 is 2.23. The molecule has 0 fully saturated rings. The summed E-state index contributed by atoms with van der Waals surface area (Å²) in [5, 5.41) is 0. The van der Waals surface area contributed by atoms with Gasteiger partial charge in [-0.25, -0.2) is 0 Å². The van der Waals surface area contributed by atoms with Gasteiger partial charge in [0.1, 0.15) is 23.9 Å². The Labute approximate surface area is 192 Å². The number of benzene rings is 3. The molecule has 31 heavy (non-hydrogen) atoms. The minimum absolute atomic E-state index is 0.00320. The Balaban J connectivity index is 1.69. The maximum Gasteiger partial charge on any atom is 0.387 e. The molecule has 0 saturated heterocycles. The van der Waals surface area contributed by atoms with E-state index in [9.17, 15) is 13.6 Å². The minimum atomic E-state index is -2.90. The standard InChI is InChI=1S/C24H19F2IO4/c1-29-23-13-3-16(14-18(23)15-30-20-10-6-19(27)7-11-20)2-12-22(28)17-4-8-21(9-5-17)31-24(25)26/h2-14,24H,15H2,1H3/b12-2+. The maximum atomic E-state index is 12.4. The molecule has 3 rings (SSSR count). The molecule has 0 aliphatic rings. The van der Waals surface area contributed by atoms with Crippen molar-refractivity contribution < 1.29 is 27.8 Å². The molecule has 0 spiro atoms. The SMILES string of the molecule is COc1ccc(/C=C/C(=O)c2ccc(OC(F)F)cc2)cc1COc1ccc(I)cc1. The van der Waals surface area contributed by atoms with Crippen LogP contribution in [0.4, 0.5) is 8.78 Å². The maximum absolute atomic E-state index is 12.4. The summed E-state index contributed by atoms with van der Waals surface area (Å²) in [7, 11) is 1.59. The van der Waals surface area contributed by atoms with Crippen LogP contribution in [0.3, 0.4) is 0 Å². The van der Waals surface area contributed by atoms with Crippen LogP contribution < -0.4 is 14.2 Å². The third kappa shape index (κ3) is 6.78. The van der Waals surface area contributed by atoms with Gasteiger partial charge in [-0.2, -0.15) is 8.78 Å². The lowest BCUT2D eigenvalue weighted by molar-refractivity contribution is -0.0498. The number of halogens is 3. The molecule has 3 aromatic carbocycles. The highest BCUT2D eigenvalue weighted by Crippen LogP contribution is 2.24. The third-order valence-electron chi connectivity index (χ3n) is 4.30. The molecule has 0 radical (unpaired) electrons. The summed E-state index contributed by atoms with van der Waals surface area (Å²) in [4.78, 5) is 12.4. The molecular weight excluding hydrogens is 517 g/mol. The molecule has 0 aliphatic heterocycles. The molecule has 0 aromatic heterocycles. The van der Waals surface area contributed by atoms with Crippen molar-refractivity contribution in [1.29, 1.82) is 0 Å². The molecular formula is C24H19F2IO4. The molecule has 0 N–H and O–H groups in total. The number of carbonyl (C=O) groups is 1. The van der Waals surface area contributed by atoms with Gasteiger partial charge in [-0.1, -0.05) is 12.1 Å². The number of carbonyl (C=O) groups excluding carboxylic acids is 1. The average molecular weight is 536 g/mol. The van der Waals surface area contributed by atoms with E-state index in [2.05, 4.69) is 27.3 Å². The van der Waals surface area contributed by atoms with E-state index in [4.69, 9.17) is 9.47 Å². The van der Waals surface area contributed by atoms with Gasteiger partial charge in [-0.3, -0.25) is 4.79 Å². The summed E-state index contributed by atoms with van der Waals surface area (Å²) in [5.74, 6) is 1.18. The van der Waals surface area contributed by atoms with E-state index in [1.165, 1.54) is 30.3 Å². The fourth-order valence-electron chi connectivity index (χ4n) is 2.78. The zero-order chi connectivity index (χ0) is 22.2. The number of allylic oxidation sites excluding steroid dienone is 1. The largest absolute Gasteiger partial charge is 0.496 e. The summed E-state index contributed by atoms with van der Waals surface area (Å²) in [6, 6.07) is 18.8. The van der Waals surface area contributed by atoms with Gasteiger partial charge in [0.2, 0.25) is 0 Å². The van der Waals surface area contributed by atoms with Crippen molar-refractivity contribution in [1.82, 2.24) is 0 Å². The van der Waals surface area contributed by atoms with Crippen LogP contribution in [-0.2, 0) is 6.61 Å². The number of methoxy groups -OCH3 is 1. The first-order valence-corrected chi connectivity index (χ1v) is 10.3. The third-order valence-corrected chi connectivity index (χ3v) is 5.02. The number of hydrogen-bond donors (Lipinski definition) is 0. The van der Waals surface area contributed by atoms with Gasteiger partial charge in [0, 0.05) is 14.7 Å². The Morgan fingerprint density at radius 2 is 1.68 bits per heavy atom. The van der Waals surface area contributed by atoms with Gasteiger partial charge in [-0.05, 0) is 94.9 Å². The lowest BCUT2D eigenvalue weighted by atomic mass is 10.1. The highest BCUT2D eigenvalue weighted by molar-refractivity contribution is 14.1. The number of ketones is 1. The van der Waals surface area contributed by atoms with Crippen LogP contribution in [0.5, 0.6) is 17.2 Å². The molecule has 0 bridgehead atoms. The highest BCUT2D eigenvalue weighted by Gasteiger charge is 2.08. The van der Waals surface area contributed by atoms with Gasteiger partial charge < -0.3 is 14.2 Å². The Morgan fingerprint density at radius 1 is 1.00 bits per heavy atom. The molecule has 0 saturated carbocycles.